The van der Waals surface area contributed by atoms with Crippen LogP contribution in [0, 0.1) is 0 Å². The largest absolute Gasteiger partial charge is 0.507 e. The molecule has 39 heavy (non-hydrogen) atoms. The Morgan fingerprint density at radius 2 is 1.33 bits per heavy atom. The SMILES string of the molecule is CC(C)(C)c1cc(C(=O)N=Nc2ccc(NOC(=O)c3ccc4ccccc4c3)cc2)cc(C(C)(C)C)c1O. The van der Waals surface area contributed by atoms with Gasteiger partial charge in [0.15, 0.2) is 0 Å². The lowest BCUT2D eigenvalue weighted by Gasteiger charge is -2.27. The minimum Gasteiger partial charge on any atom is -0.507 e. The van der Waals surface area contributed by atoms with Crippen LogP contribution in [-0.2, 0) is 15.7 Å². The quantitative estimate of drug-likeness (QED) is 0.203. The van der Waals surface area contributed by atoms with Crippen molar-refractivity contribution in [3.63, 3.8) is 0 Å². The summed E-state index contributed by atoms with van der Waals surface area (Å²) in [6.07, 6.45) is 0. The third kappa shape index (κ3) is 6.49. The number of phenols is 1. The highest BCUT2D eigenvalue weighted by Crippen LogP contribution is 2.40. The number of benzene rings is 4. The first-order chi connectivity index (χ1) is 18.3. The maximum absolute atomic E-state index is 12.9. The number of amides is 1. The first kappa shape index (κ1) is 27.5. The van der Waals surface area contributed by atoms with E-state index in [0.29, 0.717) is 33.6 Å². The van der Waals surface area contributed by atoms with Crippen LogP contribution in [0.5, 0.6) is 5.75 Å². The Kier molecular flexibility index (Phi) is 7.54. The smallest absolute Gasteiger partial charge is 0.362 e. The summed E-state index contributed by atoms with van der Waals surface area (Å²) in [6, 6.07) is 23.2. The average molecular weight is 524 g/mol. The van der Waals surface area contributed by atoms with Crippen molar-refractivity contribution in [2.24, 2.45) is 10.2 Å². The van der Waals surface area contributed by atoms with Gasteiger partial charge in [-0.05, 0) is 70.1 Å². The number of aromatic hydroxyl groups is 1. The molecular formula is C32H33N3O4. The Balaban J connectivity index is 1.44. The summed E-state index contributed by atoms with van der Waals surface area (Å²) in [5, 5.41) is 20.9. The molecule has 0 aliphatic rings. The zero-order chi connectivity index (χ0) is 28.4. The molecule has 4 aromatic carbocycles. The number of nitrogens with one attached hydrogen (secondary N) is 1. The fourth-order valence-corrected chi connectivity index (χ4v) is 4.14. The standard InChI is InChI=1S/C32H33N3O4/c1-31(2,3)26-18-23(19-27(28(26)36)32(4,5)6)29(37)34-33-24-13-15-25(16-14-24)35-39-30(38)22-12-11-20-9-7-8-10-21(20)17-22/h7-19,35-36H,1-6H3. The Morgan fingerprint density at radius 1 is 0.744 bits per heavy atom. The number of hydrogen-bond acceptors (Lipinski definition) is 6. The van der Waals surface area contributed by atoms with E-state index in [1.165, 1.54) is 0 Å². The van der Waals surface area contributed by atoms with Crippen molar-refractivity contribution in [1.82, 2.24) is 0 Å². The maximum atomic E-state index is 12.9. The Labute approximate surface area is 228 Å². The zero-order valence-corrected chi connectivity index (χ0v) is 23.1. The molecule has 0 bridgehead atoms. The van der Waals surface area contributed by atoms with Gasteiger partial charge >= 0.3 is 5.97 Å². The normalized spacial score (nSPS) is 12.1. The van der Waals surface area contributed by atoms with Crippen LogP contribution < -0.4 is 5.48 Å². The van der Waals surface area contributed by atoms with Gasteiger partial charge in [-0.2, -0.15) is 0 Å². The van der Waals surface area contributed by atoms with Gasteiger partial charge in [-0.25, -0.2) is 10.3 Å². The van der Waals surface area contributed by atoms with Crippen LogP contribution >= 0.6 is 0 Å². The highest BCUT2D eigenvalue weighted by atomic mass is 16.7. The third-order valence-electron chi connectivity index (χ3n) is 6.34. The van der Waals surface area contributed by atoms with Crippen LogP contribution in [0.25, 0.3) is 10.8 Å². The van der Waals surface area contributed by atoms with E-state index < -0.39 is 11.9 Å². The number of fused-ring (bicyclic) bond motifs is 1. The molecule has 2 N–H and O–H groups in total. The molecule has 1 amide bonds. The van der Waals surface area contributed by atoms with E-state index in [1.54, 1.807) is 48.5 Å². The molecule has 0 aromatic heterocycles. The average Bonchev–Trinajstić information content (AvgIpc) is 2.89. The zero-order valence-electron chi connectivity index (χ0n) is 23.1. The van der Waals surface area contributed by atoms with Crippen molar-refractivity contribution in [3.8, 4) is 5.75 Å². The molecule has 0 heterocycles. The molecule has 200 valence electrons. The van der Waals surface area contributed by atoms with Crippen LogP contribution in [0.1, 0.15) is 73.4 Å². The van der Waals surface area contributed by atoms with E-state index in [4.69, 9.17) is 4.84 Å². The first-order valence-electron chi connectivity index (χ1n) is 12.7. The first-order valence-corrected chi connectivity index (χ1v) is 12.7. The predicted molar refractivity (Wildman–Crippen MR) is 154 cm³/mol. The van der Waals surface area contributed by atoms with Crippen LogP contribution in [0.2, 0.25) is 0 Å². The maximum Gasteiger partial charge on any atom is 0.362 e. The summed E-state index contributed by atoms with van der Waals surface area (Å²) in [5.74, 6) is -0.807. The molecule has 0 atom stereocenters. The fourth-order valence-electron chi connectivity index (χ4n) is 4.14. The van der Waals surface area contributed by atoms with Crippen LogP contribution in [0.15, 0.2) is 89.1 Å². The van der Waals surface area contributed by atoms with Crippen molar-refractivity contribution in [2.45, 2.75) is 52.4 Å². The van der Waals surface area contributed by atoms with E-state index in [9.17, 15) is 14.7 Å². The van der Waals surface area contributed by atoms with Gasteiger partial charge in [0.1, 0.15) is 5.75 Å². The lowest BCUT2D eigenvalue weighted by molar-refractivity contribution is 0.0596. The van der Waals surface area contributed by atoms with Crippen molar-refractivity contribution in [2.75, 3.05) is 5.48 Å². The molecule has 0 aliphatic heterocycles. The molecule has 7 heteroatoms. The third-order valence-corrected chi connectivity index (χ3v) is 6.34. The second-order valence-corrected chi connectivity index (χ2v) is 11.5. The molecule has 0 radical (unpaired) electrons. The predicted octanol–water partition coefficient (Wildman–Crippen LogP) is 8.25. The van der Waals surface area contributed by atoms with E-state index in [2.05, 4.69) is 15.7 Å². The van der Waals surface area contributed by atoms with Gasteiger partial charge < -0.3 is 9.94 Å². The summed E-state index contributed by atoms with van der Waals surface area (Å²) in [6.45, 7) is 11.9. The fraction of sp³-hybridized carbons (Fsp3) is 0.250. The van der Waals surface area contributed by atoms with E-state index in [1.807, 2.05) is 71.9 Å². The van der Waals surface area contributed by atoms with Crippen molar-refractivity contribution in [3.05, 3.63) is 101 Å². The number of rotatable bonds is 5. The molecule has 0 fully saturated rings. The number of hydrogen-bond donors (Lipinski definition) is 2. The molecule has 7 nitrogen and oxygen atoms in total. The topological polar surface area (TPSA) is 100 Å². The second-order valence-electron chi connectivity index (χ2n) is 11.5. The minimum absolute atomic E-state index is 0.202. The number of phenolic OH excluding ortho intramolecular Hbond substituents is 1. The number of carbonyl (C=O) groups is 2. The molecule has 0 spiro atoms. The van der Waals surface area contributed by atoms with Gasteiger partial charge in [-0.1, -0.05) is 71.9 Å². The molecule has 0 saturated heterocycles. The lowest BCUT2D eigenvalue weighted by atomic mass is 9.78. The van der Waals surface area contributed by atoms with Gasteiger partial charge in [-0.3, -0.25) is 4.79 Å². The monoisotopic (exact) mass is 523 g/mol. The Morgan fingerprint density at radius 3 is 1.92 bits per heavy atom. The van der Waals surface area contributed by atoms with Crippen molar-refractivity contribution >= 4 is 34.0 Å². The summed E-state index contributed by atoms with van der Waals surface area (Å²) >= 11 is 0. The number of nitrogens with zero attached hydrogens (tertiary/aromatic N) is 2. The lowest BCUT2D eigenvalue weighted by Crippen LogP contribution is -2.18. The summed E-state index contributed by atoms with van der Waals surface area (Å²) in [4.78, 5) is 30.6. The summed E-state index contributed by atoms with van der Waals surface area (Å²) in [7, 11) is 0. The van der Waals surface area contributed by atoms with Crippen LogP contribution in [0.4, 0.5) is 11.4 Å². The van der Waals surface area contributed by atoms with Crippen LogP contribution in [-0.4, -0.2) is 17.0 Å². The van der Waals surface area contributed by atoms with E-state index in [0.717, 1.165) is 10.8 Å². The number of carbonyl (C=O) groups excluding carboxylic acids is 2. The number of azo groups is 1. The molecule has 4 aromatic rings. The highest BCUT2D eigenvalue weighted by molar-refractivity contribution is 5.96. The van der Waals surface area contributed by atoms with Gasteiger partial charge in [0.25, 0.3) is 5.91 Å². The summed E-state index contributed by atoms with van der Waals surface area (Å²) in [5.41, 5.74) is 5.08. The minimum atomic E-state index is -0.506. The highest BCUT2D eigenvalue weighted by Gasteiger charge is 2.27. The van der Waals surface area contributed by atoms with Crippen LogP contribution in [0.3, 0.4) is 0 Å². The molecule has 4 rings (SSSR count). The van der Waals surface area contributed by atoms with E-state index >= 15 is 0 Å². The second kappa shape index (κ2) is 10.7. The Bertz CT molecular complexity index is 1520. The Hall–Kier alpha value is -4.52. The molecule has 0 saturated carbocycles. The van der Waals surface area contributed by atoms with Gasteiger partial charge in [0.2, 0.25) is 0 Å². The molecule has 0 aliphatic carbocycles. The van der Waals surface area contributed by atoms with E-state index in [-0.39, 0.29) is 16.6 Å². The summed E-state index contributed by atoms with van der Waals surface area (Å²) < 4.78 is 0. The van der Waals surface area contributed by atoms with Crippen molar-refractivity contribution < 1.29 is 19.5 Å². The molecule has 0 unspecified atom stereocenters. The molecular weight excluding hydrogens is 490 g/mol. The van der Waals surface area contributed by atoms with Gasteiger partial charge in [0.05, 0.1) is 16.9 Å². The van der Waals surface area contributed by atoms with Crippen molar-refractivity contribution in [1.29, 1.82) is 0 Å². The van der Waals surface area contributed by atoms with Gasteiger partial charge in [-0.15, -0.1) is 10.2 Å². The van der Waals surface area contributed by atoms with Gasteiger partial charge in [0, 0.05) is 16.7 Å². The number of anilines is 1.